The molecule has 0 bridgehead atoms. The third-order valence-corrected chi connectivity index (χ3v) is 6.72. The molecule has 5 nitrogen and oxygen atoms in total. The highest BCUT2D eigenvalue weighted by Gasteiger charge is 2.20. The average Bonchev–Trinajstić information content (AvgIpc) is 3.14. The lowest BCUT2D eigenvalue weighted by molar-refractivity contribution is 0.287. The highest BCUT2D eigenvalue weighted by atomic mass is 32.1. The summed E-state index contributed by atoms with van der Waals surface area (Å²) in [5.74, 6) is 1.67. The summed E-state index contributed by atoms with van der Waals surface area (Å²) < 4.78 is 7.30. The molecule has 0 aliphatic rings. The van der Waals surface area contributed by atoms with E-state index < -0.39 is 0 Å². The second-order valence-corrected chi connectivity index (χ2v) is 8.11. The minimum atomic E-state index is 0.0766. The van der Waals surface area contributed by atoms with Crippen LogP contribution in [0.1, 0.15) is 38.4 Å². The summed E-state index contributed by atoms with van der Waals surface area (Å²) in [7, 11) is 1.67. The second kappa shape index (κ2) is 9.55. The Balaban J connectivity index is 2.21. The van der Waals surface area contributed by atoms with Gasteiger partial charge in [0.05, 0.1) is 12.5 Å². The van der Waals surface area contributed by atoms with Crippen molar-refractivity contribution in [1.82, 2.24) is 14.5 Å². The predicted molar refractivity (Wildman–Crippen MR) is 122 cm³/mol. The third-order valence-electron chi connectivity index (χ3n) is 5.49. The van der Waals surface area contributed by atoms with Gasteiger partial charge in [-0.25, -0.2) is 4.98 Å². The molecule has 156 valence electrons. The number of thiophene rings is 1. The van der Waals surface area contributed by atoms with Crippen molar-refractivity contribution in [3.8, 4) is 16.9 Å². The lowest BCUT2D eigenvalue weighted by atomic mass is 10.0. The second-order valence-electron chi connectivity index (χ2n) is 7.03. The van der Waals surface area contributed by atoms with Crippen LogP contribution >= 0.6 is 11.3 Å². The van der Waals surface area contributed by atoms with Gasteiger partial charge in [0.2, 0.25) is 0 Å². The lowest BCUT2D eigenvalue weighted by Crippen LogP contribution is -2.33. The molecule has 0 amide bonds. The number of hydrogen-bond acceptors (Lipinski definition) is 5. The first-order valence-electron chi connectivity index (χ1n) is 10.5. The van der Waals surface area contributed by atoms with E-state index >= 15 is 0 Å². The van der Waals surface area contributed by atoms with E-state index in [0.29, 0.717) is 6.54 Å². The van der Waals surface area contributed by atoms with Gasteiger partial charge in [-0.1, -0.05) is 39.8 Å². The van der Waals surface area contributed by atoms with Crippen molar-refractivity contribution < 1.29 is 4.74 Å². The van der Waals surface area contributed by atoms with Gasteiger partial charge < -0.3 is 9.64 Å². The van der Waals surface area contributed by atoms with E-state index in [1.807, 2.05) is 22.8 Å². The quantitative estimate of drug-likeness (QED) is 0.514. The maximum atomic E-state index is 13.7. The molecule has 0 saturated heterocycles. The monoisotopic (exact) mass is 413 g/mol. The summed E-state index contributed by atoms with van der Waals surface area (Å²) in [6, 6.07) is 7.97. The summed E-state index contributed by atoms with van der Waals surface area (Å²) in [5.41, 5.74) is 2.11. The number of fused-ring (bicyclic) bond motifs is 1. The Kier molecular flexibility index (Phi) is 7.09. The Morgan fingerprint density at radius 2 is 1.90 bits per heavy atom. The van der Waals surface area contributed by atoms with Gasteiger partial charge in [-0.05, 0) is 37.2 Å². The smallest absolute Gasteiger partial charge is 0.262 e. The fraction of sp³-hybridized carbons (Fsp3) is 0.478. The number of benzene rings is 1. The molecule has 0 fully saturated rings. The van der Waals surface area contributed by atoms with E-state index in [1.165, 1.54) is 4.88 Å². The van der Waals surface area contributed by atoms with Gasteiger partial charge >= 0.3 is 0 Å². The van der Waals surface area contributed by atoms with Crippen molar-refractivity contribution in [1.29, 1.82) is 0 Å². The summed E-state index contributed by atoms with van der Waals surface area (Å²) in [4.78, 5) is 22.9. The van der Waals surface area contributed by atoms with E-state index in [4.69, 9.17) is 9.72 Å². The number of hydrogen-bond donors (Lipinski definition) is 0. The van der Waals surface area contributed by atoms with E-state index in [-0.39, 0.29) is 5.56 Å². The molecule has 3 rings (SSSR count). The van der Waals surface area contributed by atoms with Crippen LogP contribution < -0.4 is 10.3 Å². The zero-order valence-electron chi connectivity index (χ0n) is 18.1. The van der Waals surface area contributed by atoms with Gasteiger partial charge in [0.1, 0.15) is 16.4 Å². The molecule has 0 N–H and O–H groups in total. The van der Waals surface area contributed by atoms with Crippen LogP contribution in [0.15, 0.2) is 29.1 Å². The molecule has 0 unspecified atom stereocenters. The molecule has 29 heavy (non-hydrogen) atoms. The van der Waals surface area contributed by atoms with Gasteiger partial charge in [-0.3, -0.25) is 9.36 Å². The molecule has 6 heteroatoms. The van der Waals surface area contributed by atoms with E-state index in [2.05, 4.69) is 38.7 Å². The molecular weight excluding hydrogens is 382 g/mol. The molecule has 2 heterocycles. The van der Waals surface area contributed by atoms with E-state index in [1.54, 1.807) is 18.4 Å². The van der Waals surface area contributed by atoms with Gasteiger partial charge in [-0.15, -0.1) is 11.3 Å². The molecule has 1 aromatic carbocycles. The van der Waals surface area contributed by atoms with Crippen molar-refractivity contribution in [3.63, 3.8) is 0 Å². The van der Waals surface area contributed by atoms with Crippen LogP contribution in [0.3, 0.4) is 0 Å². The first-order valence-corrected chi connectivity index (χ1v) is 11.3. The number of aromatic nitrogens is 2. The van der Waals surface area contributed by atoms with Gasteiger partial charge in [-0.2, -0.15) is 0 Å². The number of ether oxygens (including phenoxy) is 1. The highest BCUT2D eigenvalue weighted by Crippen LogP contribution is 2.37. The van der Waals surface area contributed by atoms with Crippen molar-refractivity contribution >= 4 is 21.6 Å². The Morgan fingerprint density at radius 3 is 2.52 bits per heavy atom. The molecule has 0 aliphatic heterocycles. The zero-order valence-corrected chi connectivity index (χ0v) is 18.9. The van der Waals surface area contributed by atoms with Crippen LogP contribution in [-0.4, -0.2) is 41.2 Å². The number of nitrogens with zero attached hydrogens (tertiary/aromatic N) is 3. The van der Waals surface area contributed by atoms with Gasteiger partial charge in [0.15, 0.2) is 0 Å². The average molecular weight is 414 g/mol. The number of aryl methyl sites for hydroxylation is 2. The fourth-order valence-electron chi connectivity index (χ4n) is 3.79. The van der Waals surface area contributed by atoms with Crippen molar-refractivity contribution in [2.24, 2.45) is 0 Å². The topological polar surface area (TPSA) is 47.4 Å². The predicted octanol–water partition coefficient (Wildman–Crippen LogP) is 4.60. The minimum absolute atomic E-state index is 0.0766. The molecule has 0 spiro atoms. The number of likely N-dealkylation sites (N-methyl/N-ethyl adjacent to an activating group) is 1. The molecular formula is C23H31N3O2S. The maximum absolute atomic E-state index is 13.7. The Bertz CT molecular complexity index is 1030. The molecule has 0 saturated carbocycles. The highest BCUT2D eigenvalue weighted by molar-refractivity contribution is 7.19. The SMILES string of the molecule is CCc1sc2nc(CC)n(CCN(CC)CC)c(=O)c2c1-c1cccc(OC)c1. The van der Waals surface area contributed by atoms with Gasteiger partial charge in [0, 0.05) is 30.0 Å². The standard InChI is InChI=1S/C23H31N3O2S/c1-6-18-20(16-11-10-12-17(15-16)28-5)21-22(29-18)24-19(7-2)26(23(21)27)14-13-25(8-3)9-4/h10-12,15H,6-9,13-14H2,1-5H3. The normalized spacial score (nSPS) is 11.5. The Hall–Kier alpha value is -2.18. The zero-order chi connectivity index (χ0) is 21.0. The van der Waals surface area contributed by atoms with Crippen LogP contribution in [0.2, 0.25) is 0 Å². The van der Waals surface area contributed by atoms with Crippen molar-refractivity contribution in [2.75, 3.05) is 26.7 Å². The van der Waals surface area contributed by atoms with E-state index in [0.717, 1.165) is 65.4 Å². The van der Waals surface area contributed by atoms with Crippen LogP contribution in [0.5, 0.6) is 5.75 Å². The summed E-state index contributed by atoms with van der Waals surface area (Å²) in [5, 5.41) is 0.747. The molecule has 0 atom stereocenters. The summed E-state index contributed by atoms with van der Waals surface area (Å²) in [6.45, 7) is 12.0. The van der Waals surface area contributed by atoms with E-state index in [9.17, 15) is 4.79 Å². The van der Waals surface area contributed by atoms with Crippen molar-refractivity contribution in [3.05, 3.63) is 45.3 Å². The lowest BCUT2D eigenvalue weighted by Gasteiger charge is -2.20. The number of rotatable bonds is 9. The van der Waals surface area contributed by atoms with Crippen LogP contribution in [-0.2, 0) is 19.4 Å². The molecule has 0 aliphatic carbocycles. The largest absolute Gasteiger partial charge is 0.497 e. The van der Waals surface area contributed by atoms with Crippen LogP contribution in [0.4, 0.5) is 0 Å². The first-order chi connectivity index (χ1) is 14.1. The minimum Gasteiger partial charge on any atom is -0.497 e. The Morgan fingerprint density at radius 1 is 1.14 bits per heavy atom. The number of methoxy groups -OCH3 is 1. The Labute approximate surface area is 177 Å². The third kappa shape index (κ3) is 4.23. The summed E-state index contributed by atoms with van der Waals surface area (Å²) >= 11 is 1.64. The van der Waals surface area contributed by atoms with Gasteiger partial charge in [0.25, 0.3) is 5.56 Å². The summed E-state index contributed by atoms with van der Waals surface area (Å²) in [6.07, 6.45) is 1.62. The van der Waals surface area contributed by atoms with Crippen LogP contribution in [0, 0.1) is 0 Å². The first kappa shape index (κ1) is 21.5. The molecule has 2 aromatic heterocycles. The van der Waals surface area contributed by atoms with Crippen molar-refractivity contribution in [2.45, 2.75) is 47.1 Å². The fourth-order valence-corrected chi connectivity index (χ4v) is 4.93. The molecule has 3 aromatic rings. The molecule has 0 radical (unpaired) electrons. The van der Waals surface area contributed by atoms with Crippen LogP contribution in [0.25, 0.3) is 21.3 Å². The maximum Gasteiger partial charge on any atom is 0.262 e.